The summed E-state index contributed by atoms with van der Waals surface area (Å²) in [5.74, 6) is -0.128. The number of hydrogen-bond acceptors (Lipinski definition) is 3. The van der Waals surface area contributed by atoms with Crippen molar-refractivity contribution in [3.05, 3.63) is 59.9 Å². The second kappa shape index (κ2) is 6.11. The Morgan fingerprint density at radius 1 is 1.11 bits per heavy atom. The Morgan fingerprint density at radius 3 is 2.32 bits per heavy atom. The van der Waals surface area contributed by atoms with Gasteiger partial charge >= 0.3 is 0 Å². The molecule has 0 aliphatic heterocycles. The highest BCUT2D eigenvalue weighted by Crippen LogP contribution is 2.16. The molecule has 98 valence electrons. The van der Waals surface area contributed by atoms with Crippen molar-refractivity contribution in [2.75, 3.05) is 12.4 Å². The van der Waals surface area contributed by atoms with Gasteiger partial charge in [-0.25, -0.2) is 0 Å². The lowest BCUT2D eigenvalue weighted by atomic mass is 10.1. The number of aromatic nitrogens is 1. The molecule has 0 saturated heterocycles. The maximum atomic E-state index is 11.9. The molecule has 0 fully saturated rings. The molecule has 1 amide bonds. The average Bonchev–Trinajstić information content (AvgIpc) is 2.48. The van der Waals surface area contributed by atoms with E-state index in [1.807, 2.05) is 31.3 Å². The SMILES string of the molecule is CNC(C)c1ccc(NC(=O)c2ccncc2)cc1. The summed E-state index contributed by atoms with van der Waals surface area (Å²) in [5, 5.41) is 6.03. The van der Waals surface area contributed by atoms with Gasteiger partial charge in [0.1, 0.15) is 0 Å². The van der Waals surface area contributed by atoms with Gasteiger partial charge in [-0.15, -0.1) is 0 Å². The Hall–Kier alpha value is -2.20. The van der Waals surface area contributed by atoms with E-state index >= 15 is 0 Å². The average molecular weight is 255 g/mol. The molecule has 2 N–H and O–H groups in total. The van der Waals surface area contributed by atoms with Crippen LogP contribution in [0.15, 0.2) is 48.8 Å². The summed E-state index contributed by atoms with van der Waals surface area (Å²) in [7, 11) is 1.92. The summed E-state index contributed by atoms with van der Waals surface area (Å²) >= 11 is 0. The standard InChI is InChI=1S/C15H17N3O/c1-11(16-2)12-3-5-14(6-4-12)18-15(19)13-7-9-17-10-8-13/h3-11,16H,1-2H3,(H,18,19). The van der Waals surface area contributed by atoms with Gasteiger partial charge in [0, 0.05) is 29.7 Å². The van der Waals surface area contributed by atoms with Crippen molar-refractivity contribution in [1.82, 2.24) is 10.3 Å². The summed E-state index contributed by atoms with van der Waals surface area (Å²) in [5.41, 5.74) is 2.57. The zero-order valence-corrected chi connectivity index (χ0v) is 11.1. The first kappa shape index (κ1) is 13.2. The van der Waals surface area contributed by atoms with E-state index in [9.17, 15) is 4.79 Å². The van der Waals surface area contributed by atoms with Crippen LogP contribution in [0.5, 0.6) is 0 Å². The van der Waals surface area contributed by atoms with Crippen LogP contribution >= 0.6 is 0 Å². The van der Waals surface area contributed by atoms with Gasteiger partial charge in [-0.2, -0.15) is 0 Å². The molecule has 0 aliphatic carbocycles. The molecule has 4 nitrogen and oxygen atoms in total. The first-order valence-corrected chi connectivity index (χ1v) is 6.19. The number of benzene rings is 1. The number of carbonyl (C=O) groups is 1. The minimum atomic E-state index is -0.128. The van der Waals surface area contributed by atoms with Gasteiger partial charge in [0.2, 0.25) is 0 Å². The minimum Gasteiger partial charge on any atom is -0.322 e. The Balaban J connectivity index is 2.06. The molecule has 1 atom stereocenters. The van der Waals surface area contributed by atoms with Crippen molar-refractivity contribution in [1.29, 1.82) is 0 Å². The molecule has 19 heavy (non-hydrogen) atoms. The quantitative estimate of drug-likeness (QED) is 0.883. The van der Waals surface area contributed by atoms with E-state index < -0.39 is 0 Å². The van der Waals surface area contributed by atoms with Crippen LogP contribution in [-0.4, -0.2) is 17.9 Å². The molecule has 0 radical (unpaired) electrons. The minimum absolute atomic E-state index is 0.128. The number of rotatable bonds is 4. The predicted molar refractivity (Wildman–Crippen MR) is 76.1 cm³/mol. The van der Waals surface area contributed by atoms with Crippen LogP contribution in [0.3, 0.4) is 0 Å². The van der Waals surface area contributed by atoms with Crippen LogP contribution in [0.1, 0.15) is 28.9 Å². The van der Waals surface area contributed by atoms with Crippen molar-refractivity contribution in [3.8, 4) is 0 Å². The Kier molecular flexibility index (Phi) is 4.26. The molecule has 1 aromatic carbocycles. The molecule has 2 rings (SSSR count). The van der Waals surface area contributed by atoms with E-state index in [1.165, 1.54) is 5.56 Å². The monoisotopic (exact) mass is 255 g/mol. The number of amides is 1. The van der Waals surface area contributed by atoms with Gasteiger partial charge in [0.05, 0.1) is 0 Å². The number of anilines is 1. The zero-order valence-electron chi connectivity index (χ0n) is 11.1. The van der Waals surface area contributed by atoms with Crippen molar-refractivity contribution in [2.24, 2.45) is 0 Å². The van der Waals surface area contributed by atoms with E-state index in [0.717, 1.165) is 5.69 Å². The fraction of sp³-hybridized carbons (Fsp3) is 0.200. The summed E-state index contributed by atoms with van der Waals surface area (Å²) in [6, 6.07) is 11.5. The highest BCUT2D eigenvalue weighted by Gasteiger charge is 2.06. The van der Waals surface area contributed by atoms with Crippen molar-refractivity contribution in [2.45, 2.75) is 13.0 Å². The molecule has 4 heteroatoms. The molecule has 0 saturated carbocycles. The number of hydrogen-bond donors (Lipinski definition) is 2. The van der Waals surface area contributed by atoms with Crippen LogP contribution in [0.4, 0.5) is 5.69 Å². The topological polar surface area (TPSA) is 54.0 Å². The number of carbonyl (C=O) groups excluding carboxylic acids is 1. The second-order valence-corrected chi connectivity index (χ2v) is 4.32. The van der Waals surface area contributed by atoms with Crippen LogP contribution in [0.2, 0.25) is 0 Å². The normalized spacial score (nSPS) is 11.9. The van der Waals surface area contributed by atoms with E-state index in [2.05, 4.69) is 22.5 Å². The third-order valence-corrected chi connectivity index (χ3v) is 3.04. The van der Waals surface area contributed by atoms with Crippen LogP contribution in [0, 0.1) is 0 Å². The van der Waals surface area contributed by atoms with Gasteiger partial charge in [-0.05, 0) is 43.8 Å². The number of nitrogens with zero attached hydrogens (tertiary/aromatic N) is 1. The maximum absolute atomic E-state index is 11.9. The van der Waals surface area contributed by atoms with E-state index in [1.54, 1.807) is 24.5 Å². The van der Waals surface area contributed by atoms with E-state index in [-0.39, 0.29) is 5.91 Å². The smallest absolute Gasteiger partial charge is 0.255 e. The zero-order chi connectivity index (χ0) is 13.7. The lowest BCUT2D eigenvalue weighted by Gasteiger charge is -2.11. The molecule has 1 aromatic heterocycles. The largest absolute Gasteiger partial charge is 0.322 e. The summed E-state index contributed by atoms with van der Waals surface area (Å²) < 4.78 is 0. The lowest BCUT2D eigenvalue weighted by molar-refractivity contribution is 0.102. The number of pyridine rings is 1. The van der Waals surface area contributed by atoms with Gasteiger partial charge in [-0.1, -0.05) is 12.1 Å². The van der Waals surface area contributed by atoms with Crippen LogP contribution < -0.4 is 10.6 Å². The maximum Gasteiger partial charge on any atom is 0.255 e. The molecular weight excluding hydrogens is 238 g/mol. The molecule has 2 aromatic rings. The van der Waals surface area contributed by atoms with Crippen LogP contribution in [0.25, 0.3) is 0 Å². The fourth-order valence-electron chi connectivity index (χ4n) is 1.73. The van der Waals surface area contributed by atoms with Crippen LogP contribution in [-0.2, 0) is 0 Å². The first-order valence-electron chi connectivity index (χ1n) is 6.19. The Labute approximate surface area is 112 Å². The predicted octanol–water partition coefficient (Wildman–Crippen LogP) is 2.61. The summed E-state index contributed by atoms with van der Waals surface area (Å²) in [6.07, 6.45) is 3.21. The summed E-state index contributed by atoms with van der Waals surface area (Å²) in [6.45, 7) is 2.09. The van der Waals surface area contributed by atoms with Crippen molar-refractivity contribution >= 4 is 11.6 Å². The molecule has 0 aliphatic rings. The third kappa shape index (κ3) is 3.39. The number of nitrogens with one attached hydrogen (secondary N) is 2. The first-order chi connectivity index (χ1) is 9.20. The third-order valence-electron chi connectivity index (χ3n) is 3.04. The lowest BCUT2D eigenvalue weighted by Crippen LogP contribution is -2.13. The van der Waals surface area contributed by atoms with Gasteiger partial charge in [0.25, 0.3) is 5.91 Å². The van der Waals surface area contributed by atoms with Crippen molar-refractivity contribution < 1.29 is 4.79 Å². The Bertz CT molecular complexity index is 537. The van der Waals surface area contributed by atoms with Gasteiger partial charge in [-0.3, -0.25) is 9.78 Å². The molecule has 0 bridgehead atoms. The van der Waals surface area contributed by atoms with E-state index in [0.29, 0.717) is 11.6 Å². The second-order valence-electron chi connectivity index (χ2n) is 4.32. The van der Waals surface area contributed by atoms with Gasteiger partial charge < -0.3 is 10.6 Å². The van der Waals surface area contributed by atoms with Gasteiger partial charge in [0.15, 0.2) is 0 Å². The highest BCUT2D eigenvalue weighted by molar-refractivity contribution is 6.04. The summed E-state index contributed by atoms with van der Waals surface area (Å²) in [4.78, 5) is 15.8. The molecule has 1 heterocycles. The van der Waals surface area contributed by atoms with E-state index in [4.69, 9.17) is 0 Å². The fourth-order valence-corrected chi connectivity index (χ4v) is 1.73. The highest BCUT2D eigenvalue weighted by atomic mass is 16.1. The van der Waals surface area contributed by atoms with Crippen molar-refractivity contribution in [3.63, 3.8) is 0 Å². The molecule has 1 unspecified atom stereocenters. The Morgan fingerprint density at radius 2 is 1.74 bits per heavy atom. The molecular formula is C15H17N3O. The molecule has 0 spiro atoms.